The minimum Gasteiger partial charge on any atom is -0.497 e. The molecule has 3 rings (SSSR count). The number of imidazole rings is 1. The number of aryl methyl sites for hydroxylation is 1. The van der Waals surface area contributed by atoms with Crippen LogP contribution in [0.25, 0.3) is 16.9 Å². The highest BCUT2D eigenvalue weighted by molar-refractivity contribution is 5.60. The van der Waals surface area contributed by atoms with E-state index in [1.165, 1.54) is 5.56 Å². The first kappa shape index (κ1) is 10.8. The predicted octanol–water partition coefficient (Wildman–Crippen LogP) is 2.74. The second kappa shape index (κ2) is 4.18. The van der Waals surface area contributed by atoms with Crippen LogP contribution in [0.1, 0.15) is 5.56 Å². The van der Waals surface area contributed by atoms with Crippen molar-refractivity contribution in [1.29, 1.82) is 0 Å². The molecule has 18 heavy (non-hydrogen) atoms. The molecule has 2 heterocycles. The molecule has 90 valence electrons. The molecule has 3 nitrogen and oxygen atoms in total. The molecule has 0 unspecified atom stereocenters. The topological polar surface area (TPSA) is 29.1 Å². The van der Waals surface area contributed by atoms with E-state index in [4.69, 9.17) is 4.74 Å². The van der Waals surface area contributed by atoms with Crippen LogP contribution in [0.15, 0.2) is 48.8 Å². The van der Waals surface area contributed by atoms with Crippen LogP contribution in [0.4, 0.5) is 0 Å². The van der Waals surface area contributed by atoms with Crippen LogP contribution in [0.2, 0.25) is 0 Å². The van der Waals surface area contributed by atoms with Crippen molar-refractivity contribution in [3.05, 3.63) is 54.4 Å². The number of rotatable bonds is 2. The van der Waals surface area contributed by atoms with E-state index in [2.05, 4.69) is 53.0 Å². The first-order chi connectivity index (χ1) is 8.76. The third-order valence-corrected chi connectivity index (χ3v) is 3.06. The Balaban J connectivity index is 2.07. The summed E-state index contributed by atoms with van der Waals surface area (Å²) in [6, 6.07) is 12.2. The van der Waals surface area contributed by atoms with Crippen LogP contribution in [0.5, 0.6) is 5.75 Å². The van der Waals surface area contributed by atoms with Gasteiger partial charge in [0.15, 0.2) is 5.69 Å². The Morgan fingerprint density at radius 1 is 1.00 bits per heavy atom. The lowest BCUT2D eigenvalue weighted by atomic mass is 10.2. The molecule has 2 aromatic heterocycles. The molecule has 0 aliphatic heterocycles. The number of hydrogen-bond donors (Lipinski definition) is 1. The first-order valence-electron chi connectivity index (χ1n) is 5.91. The van der Waals surface area contributed by atoms with E-state index in [1.807, 2.05) is 12.1 Å². The normalized spacial score (nSPS) is 10.8. The molecule has 0 atom stereocenters. The van der Waals surface area contributed by atoms with Crippen LogP contribution < -0.4 is 9.14 Å². The van der Waals surface area contributed by atoms with Gasteiger partial charge < -0.3 is 4.74 Å². The molecule has 0 amide bonds. The molecule has 0 radical (unpaired) electrons. The highest BCUT2D eigenvalue weighted by Crippen LogP contribution is 2.20. The second-order valence-corrected chi connectivity index (χ2v) is 4.40. The summed E-state index contributed by atoms with van der Waals surface area (Å²) >= 11 is 0. The van der Waals surface area contributed by atoms with Gasteiger partial charge in [-0.1, -0.05) is 0 Å². The zero-order valence-corrected chi connectivity index (χ0v) is 10.5. The fourth-order valence-electron chi connectivity index (χ4n) is 2.07. The van der Waals surface area contributed by atoms with Crippen molar-refractivity contribution in [3.8, 4) is 17.0 Å². The van der Waals surface area contributed by atoms with Gasteiger partial charge >= 0.3 is 0 Å². The molecule has 3 aromatic rings. The Kier molecular flexibility index (Phi) is 2.52. The standard InChI is InChI=1S/C15H14N2O/c1-11-3-8-15-16-14(10-17(15)9-11)12-4-6-13(18-2)7-5-12/h3-10H,1-2H3/p+1. The molecule has 0 fully saturated rings. The van der Waals surface area contributed by atoms with Crippen molar-refractivity contribution in [2.24, 2.45) is 0 Å². The minimum absolute atomic E-state index is 0.873. The highest BCUT2D eigenvalue weighted by atomic mass is 16.5. The van der Waals surface area contributed by atoms with Crippen LogP contribution >= 0.6 is 0 Å². The maximum absolute atomic E-state index is 5.16. The number of benzene rings is 1. The van der Waals surface area contributed by atoms with Gasteiger partial charge in [0.2, 0.25) is 0 Å². The van der Waals surface area contributed by atoms with Gasteiger partial charge in [-0.05, 0) is 42.8 Å². The second-order valence-electron chi connectivity index (χ2n) is 4.40. The van der Waals surface area contributed by atoms with Gasteiger partial charge in [0.1, 0.15) is 11.9 Å². The molecule has 1 N–H and O–H groups in total. The fourth-order valence-corrected chi connectivity index (χ4v) is 2.07. The lowest BCUT2D eigenvalue weighted by molar-refractivity contribution is -0.510. The molecule has 0 bridgehead atoms. The third kappa shape index (κ3) is 1.84. The smallest absolute Gasteiger partial charge is 0.284 e. The lowest BCUT2D eigenvalue weighted by Gasteiger charge is -1.98. The van der Waals surface area contributed by atoms with Crippen molar-refractivity contribution in [2.45, 2.75) is 6.92 Å². The maximum atomic E-state index is 5.16. The van der Waals surface area contributed by atoms with Crippen molar-refractivity contribution in [2.75, 3.05) is 7.11 Å². The zero-order chi connectivity index (χ0) is 12.5. The quantitative estimate of drug-likeness (QED) is 0.684. The van der Waals surface area contributed by atoms with Crippen molar-refractivity contribution >= 4 is 5.65 Å². The molecule has 1 aromatic carbocycles. The number of methoxy groups -OCH3 is 1. The lowest BCUT2D eigenvalue weighted by Crippen LogP contribution is -2.17. The maximum Gasteiger partial charge on any atom is 0.284 e. The van der Waals surface area contributed by atoms with Gasteiger partial charge in [0.05, 0.1) is 13.3 Å². The summed E-state index contributed by atoms with van der Waals surface area (Å²) in [6.45, 7) is 2.09. The number of ether oxygens (including phenoxy) is 1. The minimum atomic E-state index is 0.873. The average molecular weight is 239 g/mol. The molecule has 0 spiro atoms. The molecule has 0 aliphatic rings. The van der Waals surface area contributed by atoms with Gasteiger partial charge in [-0.2, -0.15) is 0 Å². The largest absolute Gasteiger partial charge is 0.497 e. The van der Waals surface area contributed by atoms with Crippen LogP contribution in [0.3, 0.4) is 0 Å². The van der Waals surface area contributed by atoms with E-state index in [0.717, 1.165) is 22.7 Å². The molecular formula is C15H15N2O+. The Bertz CT molecular complexity index is 683. The summed E-state index contributed by atoms with van der Waals surface area (Å²) in [5.74, 6) is 0.873. The number of hydrogen-bond acceptors (Lipinski definition) is 1. The van der Waals surface area contributed by atoms with Gasteiger partial charge in [-0.25, -0.2) is 9.38 Å². The average Bonchev–Trinajstić information content (AvgIpc) is 2.81. The summed E-state index contributed by atoms with van der Waals surface area (Å²) in [5, 5.41) is 0. The fraction of sp³-hybridized carbons (Fsp3) is 0.133. The molecule has 0 saturated carbocycles. The number of aromatic amines is 1. The number of pyridine rings is 1. The highest BCUT2D eigenvalue weighted by Gasteiger charge is 2.10. The summed E-state index contributed by atoms with van der Waals surface area (Å²) in [4.78, 5) is 3.40. The van der Waals surface area contributed by atoms with Gasteiger partial charge in [0, 0.05) is 11.6 Å². The van der Waals surface area contributed by atoms with E-state index in [0.29, 0.717) is 0 Å². The Morgan fingerprint density at radius 2 is 1.78 bits per heavy atom. The predicted molar refractivity (Wildman–Crippen MR) is 70.7 cm³/mol. The van der Waals surface area contributed by atoms with E-state index in [1.54, 1.807) is 7.11 Å². The third-order valence-electron chi connectivity index (χ3n) is 3.06. The zero-order valence-electron chi connectivity index (χ0n) is 10.5. The van der Waals surface area contributed by atoms with E-state index >= 15 is 0 Å². The summed E-state index contributed by atoms with van der Waals surface area (Å²) in [5.41, 5.74) is 4.58. The van der Waals surface area contributed by atoms with Crippen LogP contribution in [-0.2, 0) is 0 Å². The SMILES string of the molecule is COc1ccc(-c2c[n+]3cc(C)ccc3[nH]2)cc1. The molecule has 0 saturated heterocycles. The van der Waals surface area contributed by atoms with E-state index in [-0.39, 0.29) is 0 Å². The number of fused-ring (bicyclic) bond motifs is 1. The van der Waals surface area contributed by atoms with Crippen LogP contribution in [-0.4, -0.2) is 12.1 Å². The number of aromatic nitrogens is 2. The van der Waals surface area contributed by atoms with E-state index in [9.17, 15) is 0 Å². The summed E-state index contributed by atoms with van der Waals surface area (Å²) in [7, 11) is 1.68. The Morgan fingerprint density at radius 3 is 2.50 bits per heavy atom. The van der Waals surface area contributed by atoms with Crippen molar-refractivity contribution in [3.63, 3.8) is 0 Å². The van der Waals surface area contributed by atoms with Gasteiger partial charge in [-0.15, -0.1) is 0 Å². The summed E-state index contributed by atoms with van der Waals surface area (Å²) < 4.78 is 7.27. The van der Waals surface area contributed by atoms with Crippen LogP contribution in [0, 0.1) is 6.92 Å². The van der Waals surface area contributed by atoms with E-state index < -0.39 is 0 Å². The van der Waals surface area contributed by atoms with Gasteiger partial charge in [0.25, 0.3) is 5.65 Å². The Hall–Kier alpha value is -2.29. The van der Waals surface area contributed by atoms with Crippen molar-refractivity contribution in [1.82, 2.24) is 4.98 Å². The summed E-state index contributed by atoms with van der Waals surface area (Å²) in [6.07, 6.45) is 4.21. The number of nitrogens with zero attached hydrogens (tertiary/aromatic N) is 1. The molecule has 3 heteroatoms. The number of H-pyrrole nitrogens is 1. The first-order valence-corrected chi connectivity index (χ1v) is 5.91. The Labute approximate surface area is 106 Å². The molecular weight excluding hydrogens is 224 g/mol. The number of nitrogens with one attached hydrogen (secondary N) is 1. The van der Waals surface area contributed by atoms with Gasteiger partial charge in [-0.3, -0.25) is 0 Å². The molecule has 0 aliphatic carbocycles. The monoisotopic (exact) mass is 239 g/mol. The van der Waals surface area contributed by atoms with Crippen molar-refractivity contribution < 1.29 is 9.14 Å².